The summed E-state index contributed by atoms with van der Waals surface area (Å²) in [5.41, 5.74) is 7.18. The van der Waals surface area contributed by atoms with E-state index >= 15 is 0 Å². The Balaban J connectivity index is 1.97. The fourth-order valence-corrected chi connectivity index (χ4v) is 4.55. The Bertz CT molecular complexity index is 947. The van der Waals surface area contributed by atoms with Crippen molar-refractivity contribution in [1.82, 2.24) is 19.6 Å². The molecule has 0 atom stereocenters. The molecule has 2 heterocycles. The lowest BCUT2D eigenvalue weighted by molar-refractivity contribution is 0.417. The fourth-order valence-electron chi connectivity index (χ4n) is 2.68. The van der Waals surface area contributed by atoms with Gasteiger partial charge in [0.1, 0.15) is 25.0 Å². The number of rotatable bonds is 6. The van der Waals surface area contributed by atoms with Gasteiger partial charge < -0.3 is 20.4 Å². The average molecular weight is 360 g/mol. The van der Waals surface area contributed by atoms with Gasteiger partial charge in [0.15, 0.2) is 5.65 Å². The molecular weight excluding hydrogens is 339 g/mol. The molecule has 0 radical (unpaired) electrons. The maximum atomic E-state index is 12.9. The number of aromatic nitrogens is 4. The van der Waals surface area contributed by atoms with Crippen molar-refractivity contribution in [3.8, 4) is 5.75 Å². The van der Waals surface area contributed by atoms with E-state index in [1.807, 2.05) is 32.0 Å². The average Bonchev–Trinajstić information content (AvgIpc) is 3.10. The summed E-state index contributed by atoms with van der Waals surface area (Å²) in [7, 11) is -0.793. The number of methoxy groups -OCH3 is 1. The molecule has 3 rings (SSSR count). The standard InChI is InChI=1S/C16H21N6O2P/c1-4-25(23,5-2)11-6-7-12(13(8-11)24-3)20-14-9-15-18-10-19-22(15)16(17)21-14/h6-10,20H,4-5H2,1-3H3,(H2,17,21). The number of hydrogen-bond donors (Lipinski definition) is 2. The van der Waals surface area contributed by atoms with Crippen LogP contribution in [0.5, 0.6) is 5.75 Å². The topological polar surface area (TPSA) is 107 Å². The van der Waals surface area contributed by atoms with Crippen LogP contribution in [0.2, 0.25) is 0 Å². The number of nitrogens with zero attached hydrogens (tertiary/aromatic N) is 4. The third kappa shape index (κ3) is 3.17. The van der Waals surface area contributed by atoms with Crippen LogP contribution in [0.3, 0.4) is 0 Å². The molecule has 0 fully saturated rings. The quantitative estimate of drug-likeness (QED) is 0.650. The van der Waals surface area contributed by atoms with Gasteiger partial charge in [-0.25, -0.2) is 4.98 Å². The molecule has 0 saturated carbocycles. The molecule has 2 aromatic heterocycles. The summed E-state index contributed by atoms with van der Waals surface area (Å²) < 4.78 is 19.8. The molecule has 0 unspecified atom stereocenters. The number of nitrogens with two attached hydrogens (primary N) is 1. The Kier molecular flexibility index (Phi) is 4.63. The van der Waals surface area contributed by atoms with Crippen molar-refractivity contribution in [2.75, 3.05) is 30.5 Å². The summed E-state index contributed by atoms with van der Waals surface area (Å²) in [6, 6.07) is 7.28. The van der Waals surface area contributed by atoms with Gasteiger partial charge in [0.05, 0.1) is 12.8 Å². The highest BCUT2D eigenvalue weighted by atomic mass is 31.2. The van der Waals surface area contributed by atoms with Crippen molar-refractivity contribution >= 4 is 35.5 Å². The number of nitrogens with one attached hydrogen (secondary N) is 1. The summed E-state index contributed by atoms with van der Waals surface area (Å²) in [5, 5.41) is 7.99. The van der Waals surface area contributed by atoms with Gasteiger partial charge in [0.2, 0.25) is 5.95 Å². The van der Waals surface area contributed by atoms with Crippen molar-refractivity contribution in [3.05, 3.63) is 30.6 Å². The minimum Gasteiger partial charge on any atom is -0.495 e. The lowest BCUT2D eigenvalue weighted by atomic mass is 10.3. The summed E-state index contributed by atoms with van der Waals surface area (Å²) in [5.74, 6) is 1.36. The molecule has 9 heteroatoms. The van der Waals surface area contributed by atoms with Crippen LogP contribution in [0.15, 0.2) is 30.6 Å². The van der Waals surface area contributed by atoms with Crippen LogP contribution >= 0.6 is 7.14 Å². The van der Waals surface area contributed by atoms with E-state index in [0.717, 1.165) is 5.30 Å². The Hall–Kier alpha value is -2.60. The van der Waals surface area contributed by atoms with Gasteiger partial charge in [-0.05, 0) is 18.2 Å². The predicted molar refractivity (Wildman–Crippen MR) is 99.8 cm³/mol. The molecule has 0 saturated heterocycles. The van der Waals surface area contributed by atoms with Gasteiger partial charge in [-0.15, -0.1) is 0 Å². The maximum Gasteiger partial charge on any atom is 0.225 e. The zero-order valence-corrected chi connectivity index (χ0v) is 15.3. The maximum absolute atomic E-state index is 12.9. The van der Waals surface area contributed by atoms with Crippen molar-refractivity contribution in [3.63, 3.8) is 0 Å². The first-order valence-electron chi connectivity index (χ1n) is 8.00. The van der Waals surface area contributed by atoms with E-state index < -0.39 is 7.14 Å². The summed E-state index contributed by atoms with van der Waals surface area (Å²) >= 11 is 0. The van der Waals surface area contributed by atoms with Gasteiger partial charge in [-0.1, -0.05) is 13.8 Å². The van der Waals surface area contributed by atoms with Crippen LogP contribution in [0.4, 0.5) is 17.5 Å². The second-order valence-corrected chi connectivity index (χ2v) is 9.12. The molecule has 8 nitrogen and oxygen atoms in total. The summed E-state index contributed by atoms with van der Waals surface area (Å²) in [6.45, 7) is 3.90. The third-order valence-corrected chi connectivity index (χ3v) is 7.49. The molecule has 0 aliphatic rings. The van der Waals surface area contributed by atoms with E-state index in [0.29, 0.717) is 35.2 Å². The summed E-state index contributed by atoms with van der Waals surface area (Å²) in [4.78, 5) is 8.38. The SMILES string of the molecule is CCP(=O)(CC)c1ccc(Nc2cc3ncnn3c(N)n2)c(OC)c1. The lowest BCUT2D eigenvalue weighted by Gasteiger charge is -2.18. The molecule has 0 spiro atoms. The molecule has 3 N–H and O–H groups in total. The monoisotopic (exact) mass is 360 g/mol. The second kappa shape index (κ2) is 6.72. The highest BCUT2D eigenvalue weighted by Gasteiger charge is 2.21. The largest absolute Gasteiger partial charge is 0.495 e. The molecule has 0 aliphatic heterocycles. The first kappa shape index (κ1) is 17.2. The number of fused-ring (bicyclic) bond motifs is 1. The Labute approximate surface area is 145 Å². The fraction of sp³-hybridized carbons (Fsp3) is 0.312. The molecule has 3 aromatic rings. The first-order chi connectivity index (χ1) is 12.0. The van der Waals surface area contributed by atoms with Gasteiger partial charge in [0, 0.05) is 23.7 Å². The van der Waals surface area contributed by atoms with Gasteiger partial charge in [0.25, 0.3) is 0 Å². The van der Waals surface area contributed by atoms with Gasteiger partial charge in [-0.2, -0.15) is 14.6 Å². The minimum atomic E-state index is -2.37. The normalized spacial score (nSPS) is 11.6. The van der Waals surface area contributed by atoms with E-state index in [2.05, 4.69) is 20.4 Å². The van der Waals surface area contributed by atoms with Crippen LogP contribution in [0, 0.1) is 0 Å². The van der Waals surface area contributed by atoms with E-state index in [9.17, 15) is 4.57 Å². The minimum absolute atomic E-state index is 0.231. The number of ether oxygens (including phenoxy) is 1. The molecular formula is C16H21N6O2P. The van der Waals surface area contributed by atoms with Crippen molar-refractivity contribution < 1.29 is 9.30 Å². The molecule has 0 bridgehead atoms. The first-order valence-corrected chi connectivity index (χ1v) is 10.1. The van der Waals surface area contributed by atoms with Gasteiger partial charge in [-0.3, -0.25) is 0 Å². The highest BCUT2D eigenvalue weighted by molar-refractivity contribution is 7.71. The van der Waals surface area contributed by atoms with Crippen LogP contribution < -0.4 is 21.1 Å². The number of hydrogen-bond acceptors (Lipinski definition) is 7. The van der Waals surface area contributed by atoms with Crippen LogP contribution in [-0.4, -0.2) is 39.0 Å². The van der Waals surface area contributed by atoms with Crippen molar-refractivity contribution in [1.29, 1.82) is 0 Å². The zero-order valence-electron chi connectivity index (χ0n) is 14.4. The number of anilines is 3. The Morgan fingerprint density at radius 3 is 2.72 bits per heavy atom. The van der Waals surface area contributed by atoms with E-state index in [1.54, 1.807) is 13.2 Å². The number of benzene rings is 1. The smallest absolute Gasteiger partial charge is 0.225 e. The lowest BCUT2D eigenvalue weighted by Crippen LogP contribution is -2.10. The van der Waals surface area contributed by atoms with E-state index in [-0.39, 0.29) is 5.95 Å². The van der Waals surface area contributed by atoms with Gasteiger partial charge >= 0.3 is 0 Å². The van der Waals surface area contributed by atoms with Crippen LogP contribution in [0.25, 0.3) is 5.65 Å². The molecule has 0 amide bonds. The molecule has 1 aromatic carbocycles. The van der Waals surface area contributed by atoms with Crippen LogP contribution in [-0.2, 0) is 4.57 Å². The van der Waals surface area contributed by atoms with E-state index in [1.165, 1.54) is 10.8 Å². The second-order valence-electron chi connectivity index (χ2n) is 5.56. The molecule has 0 aliphatic carbocycles. The predicted octanol–water partition coefficient (Wildman–Crippen LogP) is 2.49. The van der Waals surface area contributed by atoms with Crippen molar-refractivity contribution in [2.45, 2.75) is 13.8 Å². The van der Waals surface area contributed by atoms with E-state index in [4.69, 9.17) is 10.5 Å². The third-order valence-electron chi connectivity index (χ3n) is 4.23. The summed E-state index contributed by atoms with van der Waals surface area (Å²) in [6.07, 6.45) is 2.67. The van der Waals surface area contributed by atoms with Crippen LogP contribution in [0.1, 0.15) is 13.8 Å². The molecule has 25 heavy (non-hydrogen) atoms. The highest BCUT2D eigenvalue weighted by Crippen LogP contribution is 2.44. The van der Waals surface area contributed by atoms with Crippen molar-refractivity contribution in [2.24, 2.45) is 0 Å². The number of nitrogen functional groups attached to an aromatic ring is 1. The molecule has 132 valence electrons. The Morgan fingerprint density at radius 1 is 1.28 bits per heavy atom. The zero-order chi connectivity index (χ0) is 18.0. The Morgan fingerprint density at radius 2 is 2.04 bits per heavy atom.